The second kappa shape index (κ2) is 5.52. The van der Waals surface area contributed by atoms with Crippen molar-refractivity contribution in [2.75, 3.05) is 0 Å². The Morgan fingerprint density at radius 1 is 1.21 bits per heavy atom. The maximum atomic E-state index is 9.82. The first-order chi connectivity index (χ1) is 6.66. The van der Waals surface area contributed by atoms with Gasteiger partial charge >= 0.3 is 0 Å². The van der Waals surface area contributed by atoms with Gasteiger partial charge in [-0.15, -0.1) is 6.58 Å². The SMILES string of the molecule is C=C[C@H](C1CCCCC1)[C@H](O)[C@H](C)O. The summed E-state index contributed by atoms with van der Waals surface area (Å²) in [6, 6.07) is 0. The molecule has 1 aliphatic carbocycles. The van der Waals surface area contributed by atoms with Gasteiger partial charge in [-0.05, 0) is 25.7 Å². The van der Waals surface area contributed by atoms with Gasteiger partial charge in [-0.2, -0.15) is 0 Å². The zero-order valence-corrected chi connectivity index (χ0v) is 9.02. The average Bonchev–Trinajstić information content (AvgIpc) is 2.20. The summed E-state index contributed by atoms with van der Waals surface area (Å²) in [6.45, 7) is 5.41. The molecule has 1 aliphatic rings. The highest BCUT2D eigenvalue weighted by Gasteiger charge is 2.29. The second-order valence-electron chi connectivity index (χ2n) is 4.44. The van der Waals surface area contributed by atoms with Gasteiger partial charge in [-0.3, -0.25) is 0 Å². The highest BCUT2D eigenvalue weighted by Crippen LogP contribution is 2.33. The molecule has 1 rings (SSSR count). The van der Waals surface area contributed by atoms with E-state index in [4.69, 9.17) is 0 Å². The first-order valence-corrected chi connectivity index (χ1v) is 5.65. The molecule has 14 heavy (non-hydrogen) atoms. The van der Waals surface area contributed by atoms with Crippen LogP contribution in [0.25, 0.3) is 0 Å². The Balaban J connectivity index is 2.55. The van der Waals surface area contributed by atoms with Crippen LogP contribution in [0, 0.1) is 11.8 Å². The molecule has 0 unspecified atom stereocenters. The fraction of sp³-hybridized carbons (Fsp3) is 0.833. The molecule has 0 aromatic carbocycles. The Labute approximate surface area is 86.6 Å². The van der Waals surface area contributed by atoms with Crippen molar-refractivity contribution >= 4 is 0 Å². The maximum Gasteiger partial charge on any atom is 0.0861 e. The van der Waals surface area contributed by atoms with Crippen LogP contribution in [-0.2, 0) is 0 Å². The van der Waals surface area contributed by atoms with Crippen molar-refractivity contribution < 1.29 is 10.2 Å². The van der Waals surface area contributed by atoms with Gasteiger partial charge in [0.25, 0.3) is 0 Å². The monoisotopic (exact) mass is 198 g/mol. The summed E-state index contributed by atoms with van der Waals surface area (Å²) >= 11 is 0. The van der Waals surface area contributed by atoms with Gasteiger partial charge < -0.3 is 10.2 Å². The average molecular weight is 198 g/mol. The van der Waals surface area contributed by atoms with Gasteiger partial charge in [0.15, 0.2) is 0 Å². The van der Waals surface area contributed by atoms with E-state index < -0.39 is 12.2 Å². The molecule has 1 saturated carbocycles. The molecule has 0 aliphatic heterocycles. The fourth-order valence-electron chi connectivity index (χ4n) is 2.45. The van der Waals surface area contributed by atoms with Crippen LogP contribution in [0.4, 0.5) is 0 Å². The number of rotatable bonds is 4. The molecule has 2 heteroatoms. The highest BCUT2D eigenvalue weighted by molar-refractivity contribution is 4.92. The van der Waals surface area contributed by atoms with Gasteiger partial charge in [-0.25, -0.2) is 0 Å². The molecule has 0 aromatic rings. The van der Waals surface area contributed by atoms with Gasteiger partial charge in [0.2, 0.25) is 0 Å². The van der Waals surface area contributed by atoms with Crippen LogP contribution in [0.3, 0.4) is 0 Å². The van der Waals surface area contributed by atoms with E-state index in [1.807, 2.05) is 6.08 Å². The van der Waals surface area contributed by atoms with E-state index in [2.05, 4.69) is 6.58 Å². The first kappa shape index (κ1) is 11.7. The van der Waals surface area contributed by atoms with Gasteiger partial charge in [-0.1, -0.05) is 25.3 Å². The Morgan fingerprint density at radius 2 is 1.79 bits per heavy atom. The summed E-state index contributed by atoms with van der Waals surface area (Å²) < 4.78 is 0. The van der Waals surface area contributed by atoms with Crippen LogP contribution >= 0.6 is 0 Å². The molecule has 0 radical (unpaired) electrons. The lowest BCUT2D eigenvalue weighted by atomic mass is 9.76. The minimum atomic E-state index is -0.653. The standard InChI is InChI=1S/C12H22O2/c1-3-11(12(14)9(2)13)10-7-5-4-6-8-10/h3,9-14H,1,4-8H2,2H3/t9-,11+,12+/m0/s1. The third-order valence-corrected chi connectivity index (χ3v) is 3.35. The van der Waals surface area contributed by atoms with Crippen molar-refractivity contribution in [2.45, 2.75) is 51.2 Å². The fourth-order valence-corrected chi connectivity index (χ4v) is 2.45. The van der Waals surface area contributed by atoms with E-state index in [9.17, 15) is 10.2 Å². The van der Waals surface area contributed by atoms with E-state index in [0.717, 1.165) is 0 Å². The number of hydrogen-bond acceptors (Lipinski definition) is 2. The van der Waals surface area contributed by atoms with Gasteiger partial charge in [0.05, 0.1) is 12.2 Å². The van der Waals surface area contributed by atoms with Crippen molar-refractivity contribution in [1.29, 1.82) is 0 Å². The molecule has 0 aromatic heterocycles. The molecule has 0 amide bonds. The second-order valence-corrected chi connectivity index (χ2v) is 4.44. The smallest absolute Gasteiger partial charge is 0.0861 e. The number of aliphatic hydroxyl groups excluding tert-OH is 2. The molecule has 0 spiro atoms. The largest absolute Gasteiger partial charge is 0.391 e. The Hall–Kier alpha value is -0.340. The molecule has 0 saturated heterocycles. The van der Waals surface area contributed by atoms with E-state index >= 15 is 0 Å². The molecule has 1 fully saturated rings. The van der Waals surface area contributed by atoms with E-state index in [0.29, 0.717) is 5.92 Å². The number of aliphatic hydroxyl groups is 2. The number of hydrogen-bond donors (Lipinski definition) is 2. The molecular weight excluding hydrogens is 176 g/mol. The quantitative estimate of drug-likeness (QED) is 0.679. The topological polar surface area (TPSA) is 40.5 Å². The van der Waals surface area contributed by atoms with Crippen molar-refractivity contribution in [3.8, 4) is 0 Å². The molecule has 0 heterocycles. The van der Waals surface area contributed by atoms with Crippen LogP contribution in [-0.4, -0.2) is 22.4 Å². The lowest BCUT2D eigenvalue weighted by Crippen LogP contribution is -2.35. The molecule has 0 bridgehead atoms. The summed E-state index contributed by atoms with van der Waals surface area (Å²) in [6.07, 6.45) is 6.67. The first-order valence-electron chi connectivity index (χ1n) is 5.65. The minimum Gasteiger partial charge on any atom is -0.391 e. The van der Waals surface area contributed by atoms with Crippen molar-refractivity contribution in [3.63, 3.8) is 0 Å². The van der Waals surface area contributed by atoms with E-state index in [-0.39, 0.29) is 5.92 Å². The summed E-state index contributed by atoms with van der Waals surface area (Å²) in [5, 5.41) is 19.2. The summed E-state index contributed by atoms with van der Waals surface area (Å²) in [5.74, 6) is 0.584. The predicted molar refractivity (Wildman–Crippen MR) is 57.9 cm³/mol. The normalized spacial score (nSPS) is 25.4. The Morgan fingerprint density at radius 3 is 2.21 bits per heavy atom. The van der Waals surface area contributed by atoms with E-state index in [1.54, 1.807) is 6.92 Å². The minimum absolute atomic E-state index is 0.0651. The van der Waals surface area contributed by atoms with Crippen LogP contribution in [0.5, 0.6) is 0 Å². The van der Waals surface area contributed by atoms with Crippen LogP contribution in [0.1, 0.15) is 39.0 Å². The third-order valence-electron chi connectivity index (χ3n) is 3.35. The Bertz CT molecular complexity index is 171. The summed E-state index contributed by atoms with van der Waals surface area (Å²) in [7, 11) is 0. The Kier molecular flexibility index (Phi) is 4.63. The van der Waals surface area contributed by atoms with Crippen LogP contribution in [0.2, 0.25) is 0 Å². The molecular formula is C12H22O2. The lowest BCUT2D eigenvalue weighted by molar-refractivity contribution is -0.0146. The van der Waals surface area contributed by atoms with Crippen LogP contribution < -0.4 is 0 Å². The maximum absolute atomic E-state index is 9.82. The highest BCUT2D eigenvalue weighted by atomic mass is 16.3. The van der Waals surface area contributed by atoms with Crippen LogP contribution in [0.15, 0.2) is 12.7 Å². The van der Waals surface area contributed by atoms with E-state index in [1.165, 1.54) is 32.1 Å². The van der Waals surface area contributed by atoms with Crippen molar-refractivity contribution in [3.05, 3.63) is 12.7 Å². The summed E-state index contributed by atoms with van der Waals surface area (Å²) in [4.78, 5) is 0. The van der Waals surface area contributed by atoms with Gasteiger partial charge in [0.1, 0.15) is 0 Å². The van der Waals surface area contributed by atoms with Crippen molar-refractivity contribution in [1.82, 2.24) is 0 Å². The van der Waals surface area contributed by atoms with Crippen molar-refractivity contribution in [2.24, 2.45) is 11.8 Å². The molecule has 2 N–H and O–H groups in total. The molecule has 82 valence electrons. The zero-order chi connectivity index (χ0) is 10.6. The lowest BCUT2D eigenvalue weighted by Gasteiger charge is -2.32. The molecule has 3 atom stereocenters. The molecule has 2 nitrogen and oxygen atoms in total. The predicted octanol–water partition coefficient (Wildman–Crippen LogP) is 2.11. The van der Waals surface area contributed by atoms with Gasteiger partial charge in [0, 0.05) is 5.92 Å². The third kappa shape index (κ3) is 2.82. The summed E-state index contributed by atoms with van der Waals surface area (Å²) in [5.41, 5.74) is 0. The zero-order valence-electron chi connectivity index (χ0n) is 9.02.